The van der Waals surface area contributed by atoms with Crippen molar-refractivity contribution in [3.05, 3.63) is 17.5 Å². The first-order chi connectivity index (χ1) is 7.49. The second kappa shape index (κ2) is 5.41. The number of likely N-dealkylation sites (N-methyl/N-ethyl adjacent to an activating group) is 1. The third-order valence-electron chi connectivity index (χ3n) is 1.95. The molecule has 3 N–H and O–H groups in total. The average Bonchev–Trinajstić information content (AvgIpc) is 2.15. The molecule has 0 atom stereocenters. The zero-order valence-electron chi connectivity index (χ0n) is 9.82. The molecular formula is C10H17N5O. The normalized spacial score (nSPS) is 10.5. The summed E-state index contributed by atoms with van der Waals surface area (Å²) in [6, 6.07) is 1.61. The number of aryl methyl sites for hydroxylation is 1. The Hall–Kier alpha value is -1.69. The standard InChI is InChI=1S/C10H17N5O/c1-7-6-8(14-10(11)13-7)9(16)12-4-5-15(2)3/h6H,4-5H2,1-3H3,(H,12,16)(H2,11,13,14). The molecule has 1 aromatic heterocycles. The molecule has 0 aromatic carbocycles. The lowest BCUT2D eigenvalue weighted by Gasteiger charge is -2.10. The van der Waals surface area contributed by atoms with E-state index in [0.29, 0.717) is 17.9 Å². The number of hydrogen-bond donors (Lipinski definition) is 2. The third-order valence-corrected chi connectivity index (χ3v) is 1.95. The van der Waals surface area contributed by atoms with Crippen LogP contribution in [0.5, 0.6) is 0 Å². The van der Waals surface area contributed by atoms with Gasteiger partial charge in [-0.3, -0.25) is 4.79 Å². The lowest BCUT2D eigenvalue weighted by Crippen LogP contribution is -2.32. The van der Waals surface area contributed by atoms with Crippen LogP contribution in [-0.2, 0) is 0 Å². The number of carbonyl (C=O) groups excluding carboxylic acids is 1. The van der Waals surface area contributed by atoms with E-state index in [-0.39, 0.29) is 11.9 Å². The van der Waals surface area contributed by atoms with Gasteiger partial charge in [0.05, 0.1) is 0 Å². The molecule has 6 heteroatoms. The van der Waals surface area contributed by atoms with Crippen molar-refractivity contribution in [3.8, 4) is 0 Å². The largest absolute Gasteiger partial charge is 0.368 e. The van der Waals surface area contributed by atoms with Crippen LogP contribution in [0.25, 0.3) is 0 Å². The molecule has 1 heterocycles. The van der Waals surface area contributed by atoms with Gasteiger partial charge in [0.2, 0.25) is 5.95 Å². The van der Waals surface area contributed by atoms with E-state index in [0.717, 1.165) is 6.54 Å². The van der Waals surface area contributed by atoms with E-state index in [9.17, 15) is 4.79 Å². The summed E-state index contributed by atoms with van der Waals surface area (Å²) in [7, 11) is 3.89. The highest BCUT2D eigenvalue weighted by Crippen LogP contribution is 2.01. The summed E-state index contributed by atoms with van der Waals surface area (Å²) < 4.78 is 0. The number of aromatic nitrogens is 2. The van der Waals surface area contributed by atoms with Crippen LogP contribution in [-0.4, -0.2) is 48.0 Å². The number of carbonyl (C=O) groups is 1. The van der Waals surface area contributed by atoms with Crippen molar-refractivity contribution >= 4 is 11.9 Å². The first-order valence-electron chi connectivity index (χ1n) is 5.03. The molecular weight excluding hydrogens is 206 g/mol. The summed E-state index contributed by atoms with van der Waals surface area (Å²) in [5.74, 6) is -0.100. The fourth-order valence-corrected chi connectivity index (χ4v) is 1.19. The van der Waals surface area contributed by atoms with Crippen LogP contribution in [0.2, 0.25) is 0 Å². The number of nitrogen functional groups attached to an aromatic ring is 1. The fraction of sp³-hybridized carbons (Fsp3) is 0.500. The molecule has 0 bridgehead atoms. The lowest BCUT2D eigenvalue weighted by molar-refractivity contribution is 0.0946. The van der Waals surface area contributed by atoms with E-state index in [4.69, 9.17) is 5.73 Å². The van der Waals surface area contributed by atoms with Gasteiger partial charge in [0.25, 0.3) is 5.91 Å². The molecule has 1 aromatic rings. The van der Waals surface area contributed by atoms with Gasteiger partial charge in [-0.25, -0.2) is 9.97 Å². The van der Waals surface area contributed by atoms with Crippen molar-refractivity contribution in [3.63, 3.8) is 0 Å². The topological polar surface area (TPSA) is 84.1 Å². The minimum Gasteiger partial charge on any atom is -0.368 e. The molecule has 0 saturated heterocycles. The Morgan fingerprint density at radius 2 is 2.19 bits per heavy atom. The summed E-state index contributed by atoms with van der Waals surface area (Å²) in [6.45, 7) is 3.13. The summed E-state index contributed by atoms with van der Waals surface area (Å²) in [6.07, 6.45) is 0. The number of amides is 1. The van der Waals surface area contributed by atoms with Crippen LogP contribution in [0, 0.1) is 6.92 Å². The third kappa shape index (κ3) is 3.82. The van der Waals surface area contributed by atoms with Crippen LogP contribution in [0.15, 0.2) is 6.07 Å². The van der Waals surface area contributed by atoms with Gasteiger partial charge in [0.1, 0.15) is 5.69 Å². The Balaban J connectivity index is 2.59. The van der Waals surface area contributed by atoms with Gasteiger partial charge >= 0.3 is 0 Å². The zero-order valence-corrected chi connectivity index (χ0v) is 9.82. The molecule has 0 unspecified atom stereocenters. The zero-order chi connectivity index (χ0) is 12.1. The van der Waals surface area contributed by atoms with Crippen molar-refractivity contribution in [2.75, 3.05) is 32.9 Å². The summed E-state index contributed by atoms with van der Waals surface area (Å²) in [5, 5.41) is 2.76. The Morgan fingerprint density at radius 1 is 1.50 bits per heavy atom. The van der Waals surface area contributed by atoms with E-state index in [1.165, 1.54) is 0 Å². The summed E-state index contributed by atoms with van der Waals surface area (Å²) in [5.41, 5.74) is 6.46. The number of rotatable bonds is 4. The Morgan fingerprint density at radius 3 is 2.75 bits per heavy atom. The average molecular weight is 223 g/mol. The van der Waals surface area contributed by atoms with Crippen molar-refractivity contribution in [2.45, 2.75) is 6.92 Å². The molecule has 6 nitrogen and oxygen atoms in total. The Kier molecular flexibility index (Phi) is 4.19. The van der Waals surface area contributed by atoms with Gasteiger partial charge in [0.15, 0.2) is 0 Å². The Bertz CT molecular complexity index is 357. The van der Waals surface area contributed by atoms with E-state index >= 15 is 0 Å². The quantitative estimate of drug-likeness (QED) is 0.729. The molecule has 0 aliphatic heterocycles. The highest BCUT2D eigenvalue weighted by molar-refractivity contribution is 5.92. The van der Waals surface area contributed by atoms with Crippen LogP contribution in [0.1, 0.15) is 16.2 Å². The van der Waals surface area contributed by atoms with Crippen LogP contribution in [0.3, 0.4) is 0 Å². The van der Waals surface area contributed by atoms with E-state index in [2.05, 4.69) is 15.3 Å². The molecule has 0 radical (unpaired) electrons. The first-order valence-corrected chi connectivity index (χ1v) is 5.03. The first kappa shape index (κ1) is 12.4. The lowest BCUT2D eigenvalue weighted by atomic mass is 10.3. The Labute approximate surface area is 94.9 Å². The molecule has 1 amide bonds. The van der Waals surface area contributed by atoms with Crippen molar-refractivity contribution < 1.29 is 4.79 Å². The van der Waals surface area contributed by atoms with Crippen LogP contribution >= 0.6 is 0 Å². The molecule has 1 rings (SSSR count). The molecule has 0 spiro atoms. The maximum absolute atomic E-state index is 11.7. The van der Waals surface area contributed by atoms with Crippen molar-refractivity contribution in [1.29, 1.82) is 0 Å². The molecule has 88 valence electrons. The van der Waals surface area contributed by atoms with Gasteiger partial charge in [0, 0.05) is 18.8 Å². The predicted octanol–water partition coefficient (Wildman–Crippen LogP) is -0.341. The van der Waals surface area contributed by atoms with Gasteiger partial charge in [-0.1, -0.05) is 0 Å². The number of nitrogens with zero attached hydrogens (tertiary/aromatic N) is 3. The second-order valence-electron chi connectivity index (χ2n) is 3.81. The molecule has 0 saturated carbocycles. The van der Waals surface area contributed by atoms with Crippen molar-refractivity contribution in [1.82, 2.24) is 20.2 Å². The van der Waals surface area contributed by atoms with Gasteiger partial charge < -0.3 is 16.0 Å². The van der Waals surface area contributed by atoms with Gasteiger partial charge in [-0.2, -0.15) is 0 Å². The summed E-state index contributed by atoms with van der Waals surface area (Å²) >= 11 is 0. The highest BCUT2D eigenvalue weighted by Gasteiger charge is 2.08. The smallest absolute Gasteiger partial charge is 0.270 e. The summed E-state index contributed by atoms with van der Waals surface area (Å²) in [4.78, 5) is 21.4. The second-order valence-corrected chi connectivity index (χ2v) is 3.81. The van der Waals surface area contributed by atoms with E-state index in [1.807, 2.05) is 19.0 Å². The molecule has 16 heavy (non-hydrogen) atoms. The molecule has 0 aliphatic carbocycles. The predicted molar refractivity (Wildman–Crippen MR) is 62.1 cm³/mol. The van der Waals surface area contributed by atoms with E-state index < -0.39 is 0 Å². The number of nitrogens with two attached hydrogens (primary N) is 1. The minimum atomic E-state index is -0.223. The van der Waals surface area contributed by atoms with Gasteiger partial charge in [-0.05, 0) is 27.1 Å². The monoisotopic (exact) mass is 223 g/mol. The van der Waals surface area contributed by atoms with Gasteiger partial charge in [-0.15, -0.1) is 0 Å². The minimum absolute atomic E-state index is 0.123. The SMILES string of the molecule is Cc1cc(C(=O)NCCN(C)C)nc(N)n1. The van der Waals surface area contributed by atoms with Crippen molar-refractivity contribution in [2.24, 2.45) is 0 Å². The van der Waals surface area contributed by atoms with Crippen LogP contribution < -0.4 is 11.1 Å². The molecule has 0 aliphatic rings. The number of anilines is 1. The number of hydrogen-bond acceptors (Lipinski definition) is 5. The maximum atomic E-state index is 11.7. The highest BCUT2D eigenvalue weighted by atomic mass is 16.1. The number of nitrogens with one attached hydrogen (secondary N) is 1. The van der Waals surface area contributed by atoms with Crippen LogP contribution in [0.4, 0.5) is 5.95 Å². The van der Waals surface area contributed by atoms with E-state index in [1.54, 1.807) is 13.0 Å². The fourth-order valence-electron chi connectivity index (χ4n) is 1.19. The maximum Gasteiger partial charge on any atom is 0.270 e. The molecule has 0 fully saturated rings.